The third-order valence-corrected chi connectivity index (χ3v) is 4.11. The van der Waals surface area contributed by atoms with Crippen LogP contribution in [0.15, 0.2) is 35.9 Å². The highest BCUT2D eigenvalue weighted by Gasteiger charge is 2.20. The van der Waals surface area contributed by atoms with Crippen molar-refractivity contribution < 1.29 is 5.11 Å². The van der Waals surface area contributed by atoms with Crippen molar-refractivity contribution in [1.82, 2.24) is 5.32 Å². The van der Waals surface area contributed by atoms with Gasteiger partial charge in [-0.05, 0) is 56.8 Å². The molecular formula is C20H33NO. The molecule has 0 amide bonds. The molecule has 0 saturated carbocycles. The number of rotatable bonds is 10. The first kappa shape index (κ1) is 18.9. The molecule has 2 atom stereocenters. The Balaban J connectivity index is 2.78. The van der Waals surface area contributed by atoms with E-state index in [1.54, 1.807) is 0 Å². The molecule has 0 aliphatic carbocycles. The molecule has 1 rings (SSSR count). The lowest BCUT2D eigenvalue weighted by atomic mass is 9.84. The Hall–Kier alpha value is -1.12. The first-order valence-electron chi connectivity index (χ1n) is 8.80. The van der Waals surface area contributed by atoms with E-state index in [0.717, 1.165) is 32.4 Å². The van der Waals surface area contributed by atoms with Gasteiger partial charge in [0.05, 0.1) is 6.10 Å². The Morgan fingerprint density at radius 2 is 1.82 bits per heavy atom. The molecule has 2 heteroatoms. The average Bonchev–Trinajstić information content (AvgIpc) is 2.52. The second-order valence-corrected chi connectivity index (χ2v) is 6.00. The lowest BCUT2D eigenvalue weighted by Gasteiger charge is -2.23. The monoisotopic (exact) mass is 303 g/mol. The van der Waals surface area contributed by atoms with Crippen molar-refractivity contribution in [3.8, 4) is 0 Å². The Labute approximate surface area is 136 Å². The van der Waals surface area contributed by atoms with Crippen LogP contribution in [0.25, 0.3) is 0 Å². The quantitative estimate of drug-likeness (QED) is 0.495. The van der Waals surface area contributed by atoms with Crippen LogP contribution in [-0.4, -0.2) is 24.3 Å². The zero-order valence-corrected chi connectivity index (χ0v) is 14.7. The number of nitrogens with one attached hydrogen (secondary N) is 1. The number of hydrogen-bond acceptors (Lipinski definition) is 2. The summed E-state index contributed by atoms with van der Waals surface area (Å²) in [7, 11) is 0. The molecule has 0 fully saturated rings. The lowest BCUT2D eigenvalue weighted by Crippen LogP contribution is -2.18. The summed E-state index contributed by atoms with van der Waals surface area (Å²) in [6.45, 7) is 10.5. The van der Waals surface area contributed by atoms with Crippen LogP contribution >= 0.6 is 0 Å². The predicted molar refractivity (Wildman–Crippen MR) is 96.4 cm³/mol. The van der Waals surface area contributed by atoms with Gasteiger partial charge in [0, 0.05) is 5.92 Å². The predicted octanol–water partition coefficient (Wildman–Crippen LogP) is 4.44. The van der Waals surface area contributed by atoms with Crippen LogP contribution in [0.1, 0.15) is 64.0 Å². The van der Waals surface area contributed by atoms with Gasteiger partial charge in [-0.2, -0.15) is 0 Å². The summed E-state index contributed by atoms with van der Waals surface area (Å²) in [6, 6.07) is 8.78. The third-order valence-electron chi connectivity index (χ3n) is 4.11. The Bertz CT molecular complexity index is 434. The molecule has 0 radical (unpaired) electrons. The van der Waals surface area contributed by atoms with Gasteiger partial charge in [0.25, 0.3) is 0 Å². The first-order valence-corrected chi connectivity index (χ1v) is 8.80. The largest absolute Gasteiger partial charge is 0.392 e. The van der Waals surface area contributed by atoms with E-state index >= 15 is 0 Å². The molecular weight excluding hydrogens is 270 g/mol. The Morgan fingerprint density at radius 3 is 2.32 bits per heavy atom. The van der Waals surface area contributed by atoms with Crippen molar-refractivity contribution in [2.24, 2.45) is 0 Å². The molecule has 0 spiro atoms. The fourth-order valence-corrected chi connectivity index (χ4v) is 2.98. The molecule has 124 valence electrons. The van der Waals surface area contributed by atoms with Crippen LogP contribution in [0.5, 0.6) is 0 Å². The van der Waals surface area contributed by atoms with Crippen molar-refractivity contribution >= 4 is 0 Å². The molecule has 0 bridgehead atoms. The molecule has 0 aromatic heterocycles. The zero-order valence-electron chi connectivity index (χ0n) is 14.7. The van der Waals surface area contributed by atoms with Crippen molar-refractivity contribution in [2.75, 3.05) is 13.1 Å². The van der Waals surface area contributed by atoms with Crippen LogP contribution < -0.4 is 5.32 Å². The van der Waals surface area contributed by atoms with Gasteiger partial charge in [-0.25, -0.2) is 0 Å². The average molecular weight is 303 g/mol. The first-order chi connectivity index (χ1) is 10.6. The highest BCUT2D eigenvalue weighted by molar-refractivity contribution is 5.33. The summed E-state index contributed by atoms with van der Waals surface area (Å²) in [5.74, 6) is 0.122. The molecule has 1 unspecified atom stereocenters. The standard InChI is InChI=1S/C20H33NO/c1-5-8-18(7-3)20(16(4)22)19-11-9-17(10-12-19)13-15-21-14-6-2/h8-12,16,20-22H,5-7,13-15H2,1-4H3/b18-8+/t16?,20-/m0/s1. The van der Waals surface area contributed by atoms with Crippen LogP contribution in [-0.2, 0) is 6.42 Å². The summed E-state index contributed by atoms with van der Waals surface area (Å²) in [5.41, 5.74) is 3.92. The SMILES string of the molecule is CC/C=C(\CC)[C@@H](c1ccc(CCNCCC)cc1)C(C)O. The van der Waals surface area contributed by atoms with Gasteiger partial charge in [0.1, 0.15) is 0 Å². The minimum absolute atomic E-state index is 0.122. The van der Waals surface area contributed by atoms with E-state index in [2.05, 4.69) is 56.4 Å². The van der Waals surface area contributed by atoms with Gasteiger partial charge in [-0.3, -0.25) is 0 Å². The van der Waals surface area contributed by atoms with E-state index in [0.29, 0.717) is 0 Å². The minimum atomic E-state index is -0.352. The fourth-order valence-electron chi connectivity index (χ4n) is 2.98. The van der Waals surface area contributed by atoms with E-state index < -0.39 is 0 Å². The molecule has 1 aromatic carbocycles. The number of benzene rings is 1. The van der Waals surface area contributed by atoms with Gasteiger partial charge in [-0.15, -0.1) is 0 Å². The molecule has 1 aromatic rings. The molecule has 22 heavy (non-hydrogen) atoms. The molecule has 0 aliphatic rings. The Kier molecular flexibility index (Phi) is 9.10. The van der Waals surface area contributed by atoms with E-state index in [9.17, 15) is 5.11 Å². The fraction of sp³-hybridized carbons (Fsp3) is 0.600. The number of allylic oxidation sites excluding steroid dienone is 1. The second-order valence-electron chi connectivity index (χ2n) is 6.00. The van der Waals surface area contributed by atoms with Gasteiger partial charge >= 0.3 is 0 Å². The smallest absolute Gasteiger partial charge is 0.0617 e. The Morgan fingerprint density at radius 1 is 1.14 bits per heavy atom. The topological polar surface area (TPSA) is 32.3 Å². The molecule has 2 nitrogen and oxygen atoms in total. The van der Waals surface area contributed by atoms with Crippen LogP contribution in [0, 0.1) is 0 Å². The van der Waals surface area contributed by atoms with Gasteiger partial charge < -0.3 is 10.4 Å². The molecule has 2 N–H and O–H groups in total. The normalized spacial score (nSPS) is 14.9. The summed E-state index contributed by atoms with van der Waals surface area (Å²) in [5, 5.41) is 13.6. The van der Waals surface area contributed by atoms with Crippen molar-refractivity contribution in [2.45, 2.75) is 65.4 Å². The summed E-state index contributed by atoms with van der Waals surface area (Å²) in [4.78, 5) is 0. The number of aliphatic hydroxyl groups is 1. The maximum atomic E-state index is 10.2. The van der Waals surface area contributed by atoms with E-state index in [-0.39, 0.29) is 12.0 Å². The van der Waals surface area contributed by atoms with E-state index in [4.69, 9.17) is 0 Å². The van der Waals surface area contributed by atoms with Gasteiger partial charge in [-0.1, -0.05) is 56.7 Å². The highest BCUT2D eigenvalue weighted by atomic mass is 16.3. The van der Waals surface area contributed by atoms with E-state index in [1.807, 2.05) is 6.92 Å². The molecule has 0 aliphatic heterocycles. The lowest BCUT2D eigenvalue weighted by molar-refractivity contribution is 0.173. The van der Waals surface area contributed by atoms with Crippen molar-refractivity contribution in [3.05, 3.63) is 47.0 Å². The zero-order chi connectivity index (χ0) is 16.4. The maximum absolute atomic E-state index is 10.2. The highest BCUT2D eigenvalue weighted by Crippen LogP contribution is 2.30. The van der Waals surface area contributed by atoms with Crippen LogP contribution in [0.4, 0.5) is 0 Å². The minimum Gasteiger partial charge on any atom is -0.392 e. The van der Waals surface area contributed by atoms with Crippen molar-refractivity contribution in [1.29, 1.82) is 0 Å². The van der Waals surface area contributed by atoms with Crippen LogP contribution in [0.3, 0.4) is 0 Å². The number of aliphatic hydroxyl groups excluding tert-OH is 1. The van der Waals surface area contributed by atoms with E-state index in [1.165, 1.54) is 23.1 Å². The van der Waals surface area contributed by atoms with Crippen LogP contribution in [0.2, 0.25) is 0 Å². The third kappa shape index (κ3) is 5.94. The molecule has 0 saturated heterocycles. The summed E-state index contributed by atoms with van der Waals surface area (Å²) >= 11 is 0. The summed E-state index contributed by atoms with van der Waals surface area (Å²) in [6.07, 6.45) is 6.17. The van der Waals surface area contributed by atoms with Gasteiger partial charge in [0.2, 0.25) is 0 Å². The van der Waals surface area contributed by atoms with Crippen molar-refractivity contribution in [3.63, 3.8) is 0 Å². The maximum Gasteiger partial charge on any atom is 0.0617 e. The number of hydrogen-bond donors (Lipinski definition) is 2. The second kappa shape index (κ2) is 10.6. The summed E-state index contributed by atoms with van der Waals surface area (Å²) < 4.78 is 0. The molecule has 0 heterocycles. The van der Waals surface area contributed by atoms with Gasteiger partial charge in [0.15, 0.2) is 0 Å².